The Morgan fingerprint density at radius 2 is 1.88 bits per heavy atom. The van der Waals surface area contributed by atoms with Crippen LogP contribution in [0.2, 0.25) is 0 Å². The van der Waals surface area contributed by atoms with Crippen LogP contribution in [-0.4, -0.2) is 19.1 Å². The fraction of sp³-hybridized carbons (Fsp3) is 0.600. The SMILES string of the molecule is Cc1cc(C(C)C)ccc1N1CCC(N)CC1. The average Bonchev–Trinajstić information content (AvgIpc) is 2.30. The van der Waals surface area contributed by atoms with E-state index in [1.807, 2.05) is 0 Å². The van der Waals surface area contributed by atoms with Crippen LogP contribution in [0.3, 0.4) is 0 Å². The molecule has 0 saturated carbocycles. The van der Waals surface area contributed by atoms with Gasteiger partial charge in [-0.05, 0) is 42.9 Å². The summed E-state index contributed by atoms with van der Waals surface area (Å²) in [6.07, 6.45) is 2.23. The van der Waals surface area contributed by atoms with Gasteiger partial charge in [-0.3, -0.25) is 0 Å². The lowest BCUT2D eigenvalue weighted by Gasteiger charge is -2.33. The molecular weight excluding hydrogens is 208 g/mol. The van der Waals surface area contributed by atoms with Gasteiger partial charge in [-0.2, -0.15) is 0 Å². The molecule has 1 aliphatic rings. The fourth-order valence-corrected chi connectivity index (χ4v) is 2.53. The highest BCUT2D eigenvalue weighted by atomic mass is 15.1. The van der Waals surface area contributed by atoms with Crippen LogP contribution < -0.4 is 10.6 Å². The van der Waals surface area contributed by atoms with E-state index in [9.17, 15) is 0 Å². The summed E-state index contributed by atoms with van der Waals surface area (Å²) >= 11 is 0. The van der Waals surface area contributed by atoms with Crippen molar-refractivity contribution in [3.05, 3.63) is 29.3 Å². The normalized spacial score (nSPS) is 17.8. The topological polar surface area (TPSA) is 29.3 Å². The molecular formula is C15H24N2. The quantitative estimate of drug-likeness (QED) is 0.849. The molecule has 0 bridgehead atoms. The van der Waals surface area contributed by atoms with Crippen molar-refractivity contribution in [3.63, 3.8) is 0 Å². The Labute approximate surface area is 105 Å². The molecule has 0 spiro atoms. The monoisotopic (exact) mass is 232 g/mol. The minimum absolute atomic E-state index is 0.404. The summed E-state index contributed by atoms with van der Waals surface area (Å²) in [7, 11) is 0. The minimum Gasteiger partial charge on any atom is -0.371 e. The van der Waals surface area contributed by atoms with Gasteiger partial charge in [0, 0.05) is 24.8 Å². The molecule has 0 radical (unpaired) electrons. The molecule has 1 aliphatic heterocycles. The van der Waals surface area contributed by atoms with Crippen LogP contribution >= 0.6 is 0 Å². The van der Waals surface area contributed by atoms with Crippen molar-refractivity contribution < 1.29 is 0 Å². The average molecular weight is 232 g/mol. The summed E-state index contributed by atoms with van der Waals surface area (Å²) in [5, 5.41) is 0. The first-order valence-electron chi connectivity index (χ1n) is 6.69. The van der Waals surface area contributed by atoms with Crippen molar-refractivity contribution in [1.82, 2.24) is 0 Å². The molecule has 2 nitrogen and oxygen atoms in total. The van der Waals surface area contributed by atoms with Gasteiger partial charge in [0.25, 0.3) is 0 Å². The van der Waals surface area contributed by atoms with Gasteiger partial charge in [-0.15, -0.1) is 0 Å². The fourth-order valence-electron chi connectivity index (χ4n) is 2.53. The predicted octanol–water partition coefficient (Wildman–Crippen LogP) is 3.05. The first-order valence-corrected chi connectivity index (χ1v) is 6.69. The summed E-state index contributed by atoms with van der Waals surface area (Å²) in [6.45, 7) is 8.91. The van der Waals surface area contributed by atoms with Gasteiger partial charge in [0.2, 0.25) is 0 Å². The largest absolute Gasteiger partial charge is 0.371 e. The van der Waals surface area contributed by atoms with Gasteiger partial charge >= 0.3 is 0 Å². The molecule has 2 rings (SSSR count). The number of hydrogen-bond acceptors (Lipinski definition) is 2. The van der Waals surface area contributed by atoms with Crippen molar-refractivity contribution in [1.29, 1.82) is 0 Å². The van der Waals surface area contributed by atoms with E-state index in [1.165, 1.54) is 16.8 Å². The zero-order valence-corrected chi connectivity index (χ0v) is 11.2. The van der Waals surface area contributed by atoms with Crippen molar-refractivity contribution in [2.45, 2.75) is 45.6 Å². The van der Waals surface area contributed by atoms with E-state index in [2.05, 4.69) is 43.9 Å². The van der Waals surface area contributed by atoms with E-state index in [0.29, 0.717) is 12.0 Å². The molecule has 0 aliphatic carbocycles. The molecule has 0 atom stereocenters. The van der Waals surface area contributed by atoms with Crippen LogP contribution in [0.15, 0.2) is 18.2 Å². The second kappa shape index (κ2) is 5.09. The third-order valence-electron chi connectivity index (χ3n) is 3.77. The van der Waals surface area contributed by atoms with Crippen LogP contribution in [0.5, 0.6) is 0 Å². The Morgan fingerprint density at radius 1 is 1.24 bits per heavy atom. The summed E-state index contributed by atoms with van der Waals surface area (Å²) in [6, 6.07) is 7.28. The zero-order chi connectivity index (χ0) is 12.4. The van der Waals surface area contributed by atoms with E-state index in [-0.39, 0.29) is 0 Å². The number of nitrogens with zero attached hydrogens (tertiary/aromatic N) is 1. The number of nitrogens with two attached hydrogens (primary N) is 1. The Kier molecular flexibility index (Phi) is 3.72. The van der Waals surface area contributed by atoms with Crippen LogP contribution in [0.1, 0.15) is 43.7 Å². The van der Waals surface area contributed by atoms with E-state index < -0.39 is 0 Å². The second-order valence-corrected chi connectivity index (χ2v) is 5.53. The Bertz CT molecular complexity index is 377. The molecule has 0 unspecified atom stereocenters. The highest BCUT2D eigenvalue weighted by Crippen LogP contribution is 2.26. The third kappa shape index (κ3) is 2.81. The minimum atomic E-state index is 0.404. The Morgan fingerprint density at radius 3 is 2.41 bits per heavy atom. The molecule has 1 saturated heterocycles. The van der Waals surface area contributed by atoms with E-state index in [4.69, 9.17) is 5.73 Å². The maximum Gasteiger partial charge on any atom is 0.0396 e. The lowest BCUT2D eigenvalue weighted by molar-refractivity contribution is 0.501. The van der Waals surface area contributed by atoms with Crippen LogP contribution in [-0.2, 0) is 0 Å². The van der Waals surface area contributed by atoms with Gasteiger partial charge in [-0.1, -0.05) is 26.0 Å². The second-order valence-electron chi connectivity index (χ2n) is 5.53. The van der Waals surface area contributed by atoms with Crippen molar-refractivity contribution in [2.75, 3.05) is 18.0 Å². The summed E-state index contributed by atoms with van der Waals surface area (Å²) in [5.41, 5.74) is 10.2. The molecule has 0 amide bonds. The first-order chi connectivity index (χ1) is 8.08. The smallest absolute Gasteiger partial charge is 0.0396 e. The van der Waals surface area contributed by atoms with Gasteiger partial charge in [-0.25, -0.2) is 0 Å². The standard InChI is InChI=1S/C15H24N2/c1-11(2)13-4-5-15(12(3)10-13)17-8-6-14(16)7-9-17/h4-5,10-11,14H,6-9,16H2,1-3H3. The molecule has 1 aromatic carbocycles. The predicted molar refractivity (Wildman–Crippen MR) is 74.7 cm³/mol. The highest BCUT2D eigenvalue weighted by molar-refractivity contribution is 5.55. The van der Waals surface area contributed by atoms with Gasteiger partial charge < -0.3 is 10.6 Å². The number of aryl methyl sites for hydroxylation is 1. The van der Waals surface area contributed by atoms with E-state index in [0.717, 1.165) is 25.9 Å². The molecule has 94 valence electrons. The van der Waals surface area contributed by atoms with Gasteiger partial charge in [0.15, 0.2) is 0 Å². The maximum atomic E-state index is 5.95. The number of anilines is 1. The third-order valence-corrected chi connectivity index (χ3v) is 3.77. The summed E-state index contributed by atoms with van der Waals surface area (Å²) < 4.78 is 0. The zero-order valence-electron chi connectivity index (χ0n) is 11.2. The first kappa shape index (κ1) is 12.4. The molecule has 1 aromatic rings. The molecule has 1 heterocycles. The number of rotatable bonds is 2. The molecule has 2 heteroatoms. The molecule has 0 aromatic heterocycles. The number of hydrogen-bond donors (Lipinski definition) is 1. The van der Waals surface area contributed by atoms with E-state index in [1.54, 1.807) is 0 Å². The van der Waals surface area contributed by atoms with Crippen molar-refractivity contribution in [2.24, 2.45) is 5.73 Å². The highest BCUT2D eigenvalue weighted by Gasteiger charge is 2.17. The lowest BCUT2D eigenvalue weighted by atomic mass is 9.98. The van der Waals surface area contributed by atoms with E-state index >= 15 is 0 Å². The van der Waals surface area contributed by atoms with Crippen LogP contribution in [0, 0.1) is 6.92 Å². The molecule has 17 heavy (non-hydrogen) atoms. The number of piperidine rings is 1. The van der Waals surface area contributed by atoms with Crippen molar-refractivity contribution >= 4 is 5.69 Å². The van der Waals surface area contributed by atoms with Crippen LogP contribution in [0.25, 0.3) is 0 Å². The van der Waals surface area contributed by atoms with Gasteiger partial charge in [0.05, 0.1) is 0 Å². The Hall–Kier alpha value is -1.02. The number of benzene rings is 1. The van der Waals surface area contributed by atoms with Crippen LogP contribution in [0.4, 0.5) is 5.69 Å². The summed E-state index contributed by atoms with van der Waals surface area (Å²) in [4.78, 5) is 2.48. The van der Waals surface area contributed by atoms with Crippen molar-refractivity contribution in [3.8, 4) is 0 Å². The van der Waals surface area contributed by atoms with Gasteiger partial charge in [0.1, 0.15) is 0 Å². The summed E-state index contributed by atoms with van der Waals surface area (Å²) in [5.74, 6) is 0.609. The Balaban J connectivity index is 2.16. The maximum absolute atomic E-state index is 5.95. The molecule has 2 N–H and O–H groups in total. The lowest BCUT2D eigenvalue weighted by Crippen LogP contribution is -2.39. The molecule has 1 fully saturated rings.